The molecule has 0 aliphatic heterocycles. The molecule has 0 saturated heterocycles. The highest BCUT2D eigenvalue weighted by molar-refractivity contribution is 6.31. The van der Waals surface area contributed by atoms with Crippen LogP contribution in [0.4, 0.5) is 17.3 Å². The van der Waals surface area contributed by atoms with Crippen LogP contribution in [0.25, 0.3) is 0 Å². The van der Waals surface area contributed by atoms with E-state index >= 15 is 0 Å². The highest BCUT2D eigenvalue weighted by atomic mass is 35.5. The molecule has 0 aliphatic rings. The number of halogens is 1. The molecule has 10 heteroatoms. The van der Waals surface area contributed by atoms with Crippen LogP contribution in [0, 0.1) is 0 Å². The molecule has 1 aromatic heterocycles. The molecule has 0 unspecified atom stereocenters. The van der Waals surface area contributed by atoms with Crippen molar-refractivity contribution in [1.29, 1.82) is 0 Å². The summed E-state index contributed by atoms with van der Waals surface area (Å²) >= 11 is 5.93. The number of nitrogens with zero attached hydrogens (tertiary/aromatic N) is 2. The van der Waals surface area contributed by atoms with Crippen molar-refractivity contribution < 1.29 is 9.59 Å². The van der Waals surface area contributed by atoms with E-state index in [2.05, 4.69) is 31.7 Å². The second-order valence-electron chi connectivity index (χ2n) is 7.44. The number of rotatable bonds is 8. The first-order valence-electron chi connectivity index (χ1n) is 10.6. The van der Waals surface area contributed by atoms with Gasteiger partial charge in [-0.05, 0) is 29.3 Å². The second kappa shape index (κ2) is 11.0. The van der Waals surface area contributed by atoms with Crippen molar-refractivity contribution in [2.45, 2.75) is 5.92 Å². The van der Waals surface area contributed by atoms with Gasteiger partial charge in [0.25, 0.3) is 5.91 Å². The van der Waals surface area contributed by atoms with E-state index in [9.17, 15) is 9.59 Å². The van der Waals surface area contributed by atoms with E-state index in [-0.39, 0.29) is 23.2 Å². The number of aromatic nitrogens is 2. The summed E-state index contributed by atoms with van der Waals surface area (Å²) in [5.74, 6) is -0.976. The van der Waals surface area contributed by atoms with Crippen LogP contribution in [-0.2, 0) is 4.79 Å². The molecule has 3 aromatic carbocycles. The molecule has 4 rings (SSSR count). The Labute approximate surface area is 206 Å². The van der Waals surface area contributed by atoms with Crippen LogP contribution in [0.3, 0.4) is 0 Å². The van der Waals surface area contributed by atoms with E-state index in [0.717, 1.165) is 11.1 Å². The highest BCUT2D eigenvalue weighted by Gasteiger charge is 2.23. The molecule has 0 fully saturated rings. The molecular formula is C25H22ClN7O2. The lowest BCUT2D eigenvalue weighted by molar-refractivity contribution is -0.121. The summed E-state index contributed by atoms with van der Waals surface area (Å²) in [4.78, 5) is 33.6. The minimum atomic E-state index is -0.553. The normalized spacial score (nSPS) is 10.5. The molecule has 2 amide bonds. The lowest BCUT2D eigenvalue weighted by atomic mass is 9.91. The molecule has 0 bridgehead atoms. The van der Waals surface area contributed by atoms with E-state index in [0.29, 0.717) is 10.6 Å². The average molecular weight is 488 g/mol. The summed E-state index contributed by atoms with van der Waals surface area (Å²) in [6, 6.07) is 25.3. The van der Waals surface area contributed by atoms with E-state index in [1.165, 1.54) is 12.4 Å². The molecule has 0 radical (unpaired) electrons. The van der Waals surface area contributed by atoms with Crippen LogP contribution >= 0.6 is 11.6 Å². The predicted molar refractivity (Wildman–Crippen MR) is 135 cm³/mol. The van der Waals surface area contributed by atoms with Gasteiger partial charge in [-0.25, -0.2) is 9.97 Å². The quantitative estimate of drug-likeness (QED) is 0.239. The third kappa shape index (κ3) is 5.84. The summed E-state index contributed by atoms with van der Waals surface area (Å²) < 4.78 is 0. The molecule has 4 aromatic rings. The number of nitrogens with two attached hydrogens (primary N) is 1. The topological polar surface area (TPSA) is 134 Å². The number of nitrogen functional groups attached to an aromatic ring is 1. The Balaban J connectivity index is 1.45. The van der Waals surface area contributed by atoms with Crippen LogP contribution in [0.5, 0.6) is 0 Å². The fourth-order valence-electron chi connectivity index (χ4n) is 3.39. The number of carbonyl (C=O) groups is 2. The zero-order valence-corrected chi connectivity index (χ0v) is 19.2. The molecule has 0 aliphatic carbocycles. The van der Waals surface area contributed by atoms with Gasteiger partial charge >= 0.3 is 0 Å². The summed E-state index contributed by atoms with van der Waals surface area (Å²) in [6.07, 6.45) is 1.24. The Bertz CT molecular complexity index is 1280. The van der Waals surface area contributed by atoms with Crippen molar-refractivity contribution in [1.82, 2.24) is 20.8 Å². The zero-order valence-electron chi connectivity index (χ0n) is 18.4. The van der Waals surface area contributed by atoms with Crippen LogP contribution in [0.15, 0.2) is 91.3 Å². The van der Waals surface area contributed by atoms with Gasteiger partial charge in [-0.1, -0.05) is 78.3 Å². The first-order chi connectivity index (χ1) is 17.0. The first-order valence-corrected chi connectivity index (χ1v) is 11.0. The van der Waals surface area contributed by atoms with Gasteiger partial charge in [0, 0.05) is 10.6 Å². The van der Waals surface area contributed by atoms with E-state index < -0.39 is 11.8 Å². The zero-order chi connectivity index (χ0) is 24.6. The van der Waals surface area contributed by atoms with Crippen LogP contribution in [-0.4, -0.2) is 21.8 Å². The minimum Gasteiger partial charge on any atom is -0.393 e. The van der Waals surface area contributed by atoms with Crippen molar-refractivity contribution >= 4 is 40.7 Å². The number of hydrogen-bond donors (Lipinski definition) is 5. The molecule has 0 spiro atoms. The molecule has 6 N–H and O–H groups in total. The smallest absolute Gasteiger partial charge is 0.269 e. The molecule has 0 atom stereocenters. The number of nitrogens with one attached hydrogen (secondary N) is 4. The number of hydrazine groups is 2. The van der Waals surface area contributed by atoms with Gasteiger partial charge in [-0.3, -0.25) is 31.3 Å². The summed E-state index contributed by atoms with van der Waals surface area (Å²) in [5, 5.41) is 0.436. The monoisotopic (exact) mass is 487 g/mol. The standard InChI is InChI=1S/C25H22ClN7O2/c26-19-13-7-12-18(14-19)24(34)32-30-22-21(27)23(29-15-28-22)31-33-25(35)20(16-8-3-1-4-9-16)17-10-5-2-6-11-17/h1-15,20H,27H2,(H,32,34)(H,33,35)(H2,28,29,30,31). The number of carbonyl (C=O) groups excluding carboxylic acids is 2. The summed E-state index contributed by atoms with van der Waals surface area (Å²) in [5.41, 5.74) is 18.9. The van der Waals surface area contributed by atoms with Gasteiger partial charge in [0.05, 0.1) is 5.92 Å². The average Bonchev–Trinajstić information content (AvgIpc) is 2.88. The lowest BCUT2D eigenvalue weighted by Gasteiger charge is -2.19. The van der Waals surface area contributed by atoms with Gasteiger partial charge < -0.3 is 5.73 Å². The molecule has 0 saturated carbocycles. The summed E-state index contributed by atoms with van der Waals surface area (Å²) in [7, 11) is 0. The largest absolute Gasteiger partial charge is 0.393 e. The third-order valence-corrected chi connectivity index (χ3v) is 5.33. The molecular weight excluding hydrogens is 466 g/mol. The third-order valence-electron chi connectivity index (χ3n) is 5.10. The fourth-order valence-corrected chi connectivity index (χ4v) is 3.58. The van der Waals surface area contributed by atoms with Gasteiger partial charge in [0.2, 0.25) is 5.91 Å². The number of anilines is 3. The van der Waals surface area contributed by atoms with Crippen molar-refractivity contribution in [3.8, 4) is 0 Å². The Hall–Kier alpha value is -4.63. The van der Waals surface area contributed by atoms with Crippen molar-refractivity contribution in [2.75, 3.05) is 16.6 Å². The molecule has 1 heterocycles. The Morgan fingerprint density at radius 3 is 1.91 bits per heavy atom. The SMILES string of the molecule is Nc1c(NNC(=O)c2cccc(Cl)c2)ncnc1NNC(=O)C(c1ccccc1)c1ccccc1. The number of amides is 2. The van der Waals surface area contributed by atoms with E-state index in [1.54, 1.807) is 18.2 Å². The Kier molecular flexibility index (Phi) is 7.39. The summed E-state index contributed by atoms with van der Waals surface area (Å²) in [6.45, 7) is 0. The second-order valence-corrected chi connectivity index (χ2v) is 7.88. The highest BCUT2D eigenvalue weighted by Crippen LogP contribution is 2.25. The van der Waals surface area contributed by atoms with E-state index in [4.69, 9.17) is 17.3 Å². The molecule has 176 valence electrons. The van der Waals surface area contributed by atoms with Gasteiger partial charge in [-0.15, -0.1) is 0 Å². The van der Waals surface area contributed by atoms with Crippen molar-refractivity contribution in [3.63, 3.8) is 0 Å². The van der Waals surface area contributed by atoms with E-state index in [1.807, 2.05) is 60.7 Å². The van der Waals surface area contributed by atoms with Crippen LogP contribution < -0.4 is 27.4 Å². The number of hydrogen-bond acceptors (Lipinski definition) is 7. The Morgan fingerprint density at radius 1 is 0.771 bits per heavy atom. The Morgan fingerprint density at radius 2 is 1.34 bits per heavy atom. The minimum absolute atomic E-state index is 0.0927. The van der Waals surface area contributed by atoms with Gasteiger partial charge in [-0.2, -0.15) is 0 Å². The maximum atomic E-state index is 13.2. The molecule has 35 heavy (non-hydrogen) atoms. The molecule has 9 nitrogen and oxygen atoms in total. The van der Waals surface area contributed by atoms with Crippen LogP contribution in [0.2, 0.25) is 5.02 Å². The van der Waals surface area contributed by atoms with Gasteiger partial charge in [0.1, 0.15) is 12.0 Å². The van der Waals surface area contributed by atoms with Crippen molar-refractivity contribution in [2.24, 2.45) is 0 Å². The van der Waals surface area contributed by atoms with Gasteiger partial charge in [0.15, 0.2) is 11.6 Å². The predicted octanol–water partition coefficient (Wildman–Crippen LogP) is 3.74. The fraction of sp³-hybridized carbons (Fsp3) is 0.0400. The van der Waals surface area contributed by atoms with Crippen LogP contribution in [0.1, 0.15) is 27.4 Å². The van der Waals surface area contributed by atoms with Crippen molar-refractivity contribution in [3.05, 3.63) is 113 Å². The maximum absolute atomic E-state index is 13.2. The first kappa shape index (κ1) is 23.5. The lowest BCUT2D eigenvalue weighted by Crippen LogP contribution is -2.35. The maximum Gasteiger partial charge on any atom is 0.269 e. The number of benzene rings is 3.